The highest BCUT2D eigenvalue weighted by molar-refractivity contribution is 5.95. The van der Waals surface area contributed by atoms with Crippen LogP contribution in [0.5, 0.6) is 0 Å². The van der Waals surface area contributed by atoms with E-state index in [1.54, 1.807) is 12.5 Å². The molecular formula is C25H28O6. The summed E-state index contributed by atoms with van der Waals surface area (Å²) in [7, 11) is 0. The number of cyclic esters (lactones) is 1. The fourth-order valence-corrected chi connectivity index (χ4v) is 7.58. The fourth-order valence-electron chi connectivity index (χ4n) is 7.58. The van der Waals surface area contributed by atoms with E-state index in [0.717, 1.165) is 16.7 Å². The van der Waals surface area contributed by atoms with Crippen LogP contribution in [0.15, 0.2) is 45.8 Å². The summed E-state index contributed by atoms with van der Waals surface area (Å²) in [6.45, 7) is 7.95. The molecule has 1 spiro atoms. The largest absolute Gasteiger partial charge is 0.472 e. The number of fused-ring (bicyclic) bond motifs is 4. The van der Waals surface area contributed by atoms with Crippen molar-refractivity contribution in [3.8, 4) is 0 Å². The van der Waals surface area contributed by atoms with Gasteiger partial charge in [0, 0.05) is 28.4 Å². The van der Waals surface area contributed by atoms with Gasteiger partial charge < -0.3 is 19.0 Å². The van der Waals surface area contributed by atoms with Crippen LogP contribution in [0.3, 0.4) is 0 Å². The molecule has 6 nitrogen and oxygen atoms in total. The van der Waals surface area contributed by atoms with E-state index in [4.69, 9.17) is 13.9 Å². The third kappa shape index (κ3) is 2.08. The smallest absolute Gasteiger partial charge is 0.335 e. The topological polar surface area (TPSA) is 86.0 Å². The van der Waals surface area contributed by atoms with Crippen LogP contribution in [0, 0.1) is 22.7 Å². The molecule has 1 aromatic rings. The van der Waals surface area contributed by atoms with Gasteiger partial charge in [0.25, 0.3) is 0 Å². The van der Waals surface area contributed by atoms with E-state index < -0.39 is 28.1 Å². The maximum atomic E-state index is 13.6. The molecule has 2 saturated heterocycles. The van der Waals surface area contributed by atoms with E-state index >= 15 is 0 Å². The van der Waals surface area contributed by atoms with Crippen LogP contribution in [-0.2, 0) is 19.1 Å². The van der Waals surface area contributed by atoms with Gasteiger partial charge in [0.1, 0.15) is 17.1 Å². The second kappa shape index (κ2) is 5.52. The minimum atomic E-state index is -1.26. The Balaban J connectivity index is 1.55. The van der Waals surface area contributed by atoms with Crippen LogP contribution >= 0.6 is 0 Å². The summed E-state index contributed by atoms with van der Waals surface area (Å²) in [5.41, 5.74) is -0.120. The Morgan fingerprint density at radius 2 is 1.94 bits per heavy atom. The van der Waals surface area contributed by atoms with Gasteiger partial charge in [-0.2, -0.15) is 0 Å². The van der Waals surface area contributed by atoms with Crippen LogP contribution in [0.25, 0.3) is 0 Å². The van der Waals surface area contributed by atoms with E-state index in [0.29, 0.717) is 31.3 Å². The molecule has 4 heterocycles. The lowest BCUT2D eigenvalue weighted by Crippen LogP contribution is -2.53. The number of hydrogen-bond acceptors (Lipinski definition) is 6. The predicted molar refractivity (Wildman–Crippen MR) is 109 cm³/mol. The van der Waals surface area contributed by atoms with Crippen molar-refractivity contribution in [2.24, 2.45) is 22.7 Å². The van der Waals surface area contributed by atoms with Crippen LogP contribution < -0.4 is 0 Å². The van der Waals surface area contributed by atoms with E-state index in [1.807, 2.05) is 32.9 Å². The molecule has 3 aliphatic heterocycles. The Morgan fingerprint density at radius 1 is 1.16 bits per heavy atom. The molecule has 6 aliphatic rings. The zero-order chi connectivity index (χ0) is 22.0. The number of esters is 2. The van der Waals surface area contributed by atoms with Crippen LogP contribution in [0.1, 0.15) is 65.0 Å². The van der Waals surface area contributed by atoms with Crippen LogP contribution in [0.4, 0.5) is 0 Å². The quantitative estimate of drug-likeness (QED) is 0.541. The molecule has 3 fully saturated rings. The van der Waals surface area contributed by atoms with Gasteiger partial charge >= 0.3 is 11.9 Å². The number of ether oxygens (including phenoxy) is 2. The Hall–Kier alpha value is -2.34. The summed E-state index contributed by atoms with van der Waals surface area (Å²) in [5, 5.41) is 12.0. The monoisotopic (exact) mass is 424 g/mol. The fraction of sp³-hybridized carbons (Fsp3) is 0.600. The first-order valence-electron chi connectivity index (χ1n) is 11.2. The molecule has 6 heteroatoms. The van der Waals surface area contributed by atoms with Crippen LogP contribution in [-0.4, -0.2) is 28.2 Å². The van der Waals surface area contributed by atoms with Gasteiger partial charge in [0.15, 0.2) is 0 Å². The average molecular weight is 424 g/mol. The number of carbonyl (C=O) groups excluding carboxylic acids is 2. The van der Waals surface area contributed by atoms with E-state index in [9.17, 15) is 14.7 Å². The summed E-state index contributed by atoms with van der Waals surface area (Å²) >= 11 is 0. The molecule has 164 valence electrons. The highest BCUT2D eigenvalue weighted by Gasteiger charge is 2.73. The Kier molecular flexibility index (Phi) is 3.45. The van der Waals surface area contributed by atoms with Gasteiger partial charge in [-0.25, -0.2) is 4.79 Å². The molecule has 1 saturated carbocycles. The summed E-state index contributed by atoms with van der Waals surface area (Å²) < 4.78 is 17.1. The van der Waals surface area contributed by atoms with Crippen LogP contribution in [0.2, 0.25) is 0 Å². The molecule has 7 rings (SSSR count). The summed E-state index contributed by atoms with van der Waals surface area (Å²) in [6, 6.07) is 1.83. The van der Waals surface area contributed by atoms with Gasteiger partial charge in [-0.1, -0.05) is 24.1 Å². The van der Waals surface area contributed by atoms with E-state index in [-0.39, 0.29) is 23.8 Å². The van der Waals surface area contributed by atoms with Gasteiger partial charge in [-0.15, -0.1) is 0 Å². The van der Waals surface area contributed by atoms with Gasteiger partial charge in [0.2, 0.25) is 0 Å². The summed E-state index contributed by atoms with van der Waals surface area (Å²) in [6.07, 6.45) is 6.91. The highest BCUT2D eigenvalue weighted by Crippen LogP contribution is 2.70. The highest BCUT2D eigenvalue weighted by atomic mass is 16.6. The Morgan fingerprint density at radius 3 is 2.65 bits per heavy atom. The SMILES string of the molecule is CC1=C[C@@]23C(=O)OC(C)(C)[C@@H]1C[C@@]2(O)CC1=C2C(=O)O[C@@H](c4ccoc4)[C@]2(C)CC[C@H]13. The molecule has 0 aromatic carbocycles. The number of furan rings is 1. The first kappa shape index (κ1) is 19.4. The van der Waals surface area contributed by atoms with Gasteiger partial charge in [0.05, 0.1) is 18.1 Å². The summed E-state index contributed by atoms with van der Waals surface area (Å²) in [5.74, 6) is -1.01. The third-order valence-electron chi connectivity index (χ3n) is 9.00. The molecule has 1 N–H and O–H groups in total. The lowest BCUT2D eigenvalue weighted by Gasteiger charge is -2.45. The van der Waals surface area contributed by atoms with Crippen molar-refractivity contribution in [1.29, 1.82) is 0 Å². The normalized spacial score (nSPS) is 44.8. The Bertz CT molecular complexity index is 1080. The van der Waals surface area contributed by atoms with Crippen molar-refractivity contribution in [2.45, 2.75) is 70.7 Å². The van der Waals surface area contributed by atoms with Crippen molar-refractivity contribution in [3.63, 3.8) is 0 Å². The minimum Gasteiger partial charge on any atom is -0.472 e. The molecule has 2 bridgehead atoms. The number of aliphatic hydroxyl groups is 1. The van der Waals surface area contributed by atoms with Crippen molar-refractivity contribution in [3.05, 3.63) is 47.0 Å². The predicted octanol–water partition coefficient (Wildman–Crippen LogP) is 4.01. The van der Waals surface area contributed by atoms with Gasteiger partial charge in [-0.05, 0) is 52.5 Å². The standard InChI is InChI=1S/C25H28O6/c1-13-9-25-16-5-7-23(4)18(20(26)30-19(23)14-6-8-29-12-14)15(16)10-24(25,28)11-17(13)22(2,3)31-21(25)27/h6,8-9,12,16-17,19,28H,5,7,10-11H2,1-4H3/t16-,17-,19+,23-,24+,25-/m1/s1. The van der Waals surface area contributed by atoms with Crippen molar-refractivity contribution < 1.29 is 28.6 Å². The molecular weight excluding hydrogens is 396 g/mol. The lowest BCUT2D eigenvalue weighted by molar-refractivity contribution is -0.173. The molecule has 3 aliphatic carbocycles. The number of carbonyl (C=O) groups is 2. The molecule has 0 amide bonds. The third-order valence-corrected chi connectivity index (χ3v) is 9.00. The average Bonchev–Trinajstić information content (AvgIpc) is 3.33. The minimum absolute atomic E-state index is 0.0524. The van der Waals surface area contributed by atoms with E-state index in [2.05, 4.69) is 6.92 Å². The second-order valence-corrected chi connectivity index (χ2v) is 11.0. The van der Waals surface area contributed by atoms with Crippen molar-refractivity contribution in [2.75, 3.05) is 0 Å². The van der Waals surface area contributed by atoms with Crippen molar-refractivity contribution >= 4 is 11.9 Å². The van der Waals surface area contributed by atoms with Crippen molar-refractivity contribution in [1.82, 2.24) is 0 Å². The summed E-state index contributed by atoms with van der Waals surface area (Å²) in [4.78, 5) is 26.8. The second-order valence-electron chi connectivity index (χ2n) is 11.0. The Labute approximate surface area is 181 Å². The first-order valence-corrected chi connectivity index (χ1v) is 11.2. The zero-order valence-electron chi connectivity index (χ0n) is 18.4. The lowest BCUT2D eigenvalue weighted by atomic mass is 9.57. The van der Waals surface area contributed by atoms with E-state index in [1.165, 1.54) is 0 Å². The van der Waals surface area contributed by atoms with Gasteiger partial charge in [-0.3, -0.25) is 4.79 Å². The molecule has 1 aromatic heterocycles. The molecule has 31 heavy (non-hydrogen) atoms. The molecule has 0 radical (unpaired) electrons. The molecule has 6 atom stereocenters. The maximum Gasteiger partial charge on any atom is 0.335 e. The number of hydrogen-bond donors (Lipinski definition) is 1. The zero-order valence-corrected chi connectivity index (χ0v) is 18.4. The maximum absolute atomic E-state index is 13.6. The first-order chi connectivity index (χ1) is 14.5. The molecule has 0 unspecified atom stereocenters. The number of rotatable bonds is 1.